The van der Waals surface area contributed by atoms with Crippen LogP contribution in [0.4, 0.5) is 0 Å². The second-order valence-electron chi connectivity index (χ2n) is 23.2. The Kier molecular flexibility index (Phi) is 8.98. The van der Waals surface area contributed by atoms with Crippen LogP contribution >= 0.6 is 0 Å². The zero-order chi connectivity index (χ0) is 47.4. The summed E-state index contributed by atoms with van der Waals surface area (Å²) in [4.78, 5) is 0. The second kappa shape index (κ2) is 14.4. The van der Waals surface area contributed by atoms with E-state index in [0.717, 1.165) is 55.3 Å². The highest BCUT2D eigenvalue weighted by Gasteiger charge is 2.29. The summed E-state index contributed by atoms with van der Waals surface area (Å²) in [7, 11) is -2.25. The number of benzene rings is 8. The Labute approximate surface area is 399 Å². The first-order valence-electron chi connectivity index (χ1n) is 24.3. The Bertz CT molecular complexity index is 4000. The summed E-state index contributed by atoms with van der Waals surface area (Å²) in [5, 5.41) is 12.5. The monoisotopic (exact) mass is 904 g/mol. The maximum Gasteiger partial charge on any atom is 0.135 e. The molecule has 0 bridgehead atoms. The average molecular weight is 905 g/mol. The van der Waals surface area contributed by atoms with Crippen LogP contribution in [0.3, 0.4) is 0 Å². The van der Waals surface area contributed by atoms with E-state index in [9.17, 15) is 0 Å². The molecule has 338 valence electrons. The number of fused-ring (bicyclic) bond motifs is 12. The zero-order valence-corrected chi connectivity index (χ0v) is 42.6. The SMILES string of the molecule is Cc1ccc2c(c1)c1cc(C(C)(C)C)ccc1n2-c1ccc2oc3ccc([Si](C)(C)c4ccc5oc6ccc(-n7c8ccc(C(C)(C)C)cc8c8cc(C(C)(C)C)ccc87)cc6c5c4)cc3c2c1. The van der Waals surface area contributed by atoms with Gasteiger partial charge < -0.3 is 18.0 Å². The third-order valence-corrected chi connectivity index (χ3v) is 18.7. The molecule has 0 fully saturated rings. The van der Waals surface area contributed by atoms with Gasteiger partial charge in [0.05, 0.1) is 22.1 Å². The lowest BCUT2D eigenvalue weighted by Gasteiger charge is -2.24. The lowest BCUT2D eigenvalue weighted by Crippen LogP contribution is -2.52. The molecule has 0 unspecified atom stereocenters. The van der Waals surface area contributed by atoms with Crippen LogP contribution in [0.15, 0.2) is 154 Å². The fourth-order valence-corrected chi connectivity index (χ4v) is 13.2. The molecule has 12 rings (SSSR count). The van der Waals surface area contributed by atoms with Gasteiger partial charge in [-0.25, -0.2) is 0 Å². The molecule has 0 radical (unpaired) electrons. The largest absolute Gasteiger partial charge is 0.456 e. The van der Waals surface area contributed by atoms with E-state index >= 15 is 0 Å². The Morgan fingerprint density at radius 2 is 0.662 bits per heavy atom. The standard InChI is InChI=1S/C63H60N2O2Si/c1-37-13-21-53-45(29-37)46-30-38(61(2,3)4)14-22-54(46)64(53)41-17-25-57-49(33-41)51-35-43(19-27-59(51)66-57)68(11,12)44-20-28-60-52(36-44)50-34-42(18-26-58(50)67-60)65-55-23-15-39(62(5,6)7)31-47(55)48-32-40(63(8,9)10)16-24-56(48)65/h13-36H,1-12H3. The molecule has 0 atom stereocenters. The predicted octanol–water partition coefficient (Wildman–Crippen LogP) is 16.7. The first kappa shape index (κ1) is 42.5. The normalized spacial score (nSPS) is 13.3. The summed E-state index contributed by atoms with van der Waals surface area (Å²) < 4.78 is 18.0. The number of nitrogens with zero attached hydrogens (tertiary/aromatic N) is 2. The second-order valence-corrected chi connectivity index (χ2v) is 27.7. The number of aromatic nitrogens is 2. The molecule has 4 nitrogen and oxygen atoms in total. The van der Waals surface area contributed by atoms with Crippen molar-refractivity contribution in [2.75, 3.05) is 0 Å². The van der Waals surface area contributed by atoms with Crippen molar-refractivity contribution in [1.29, 1.82) is 0 Å². The summed E-state index contributed by atoms with van der Waals surface area (Å²) in [5.74, 6) is 0. The molecule has 12 aromatic rings. The van der Waals surface area contributed by atoms with E-state index in [1.807, 2.05) is 0 Å². The first-order valence-corrected chi connectivity index (χ1v) is 27.3. The van der Waals surface area contributed by atoms with Gasteiger partial charge in [0.15, 0.2) is 0 Å². The Morgan fingerprint density at radius 3 is 1.03 bits per heavy atom. The van der Waals surface area contributed by atoms with Crippen LogP contribution in [0, 0.1) is 6.92 Å². The van der Waals surface area contributed by atoms with Gasteiger partial charge in [0.2, 0.25) is 0 Å². The smallest absolute Gasteiger partial charge is 0.135 e. The van der Waals surface area contributed by atoms with Crippen LogP contribution in [0.5, 0.6) is 0 Å². The average Bonchev–Trinajstić information content (AvgIpc) is 4.04. The molecule has 8 aromatic carbocycles. The van der Waals surface area contributed by atoms with Gasteiger partial charge in [-0.2, -0.15) is 0 Å². The molecule has 0 saturated heterocycles. The van der Waals surface area contributed by atoms with Gasteiger partial charge in [-0.3, -0.25) is 0 Å². The third kappa shape index (κ3) is 6.53. The Morgan fingerprint density at radius 1 is 0.338 bits per heavy atom. The van der Waals surface area contributed by atoms with Gasteiger partial charge in [0.1, 0.15) is 30.4 Å². The number of hydrogen-bond donors (Lipinski definition) is 0. The highest BCUT2D eigenvalue weighted by atomic mass is 28.3. The molecule has 0 aliphatic rings. The van der Waals surface area contributed by atoms with Crippen LogP contribution in [0.2, 0.25) is 13.1 Å². The van der Waals surface area contributed by atoms with E-state index in [0.29, 0.717) is 0 Å². The molecule has 5 heteroatoms. The minimum Gasteiger partial charge on any atom is -0.456 e. The number of rotatable bonds is 4. The van der Waals surface area contributed by atoms with E-state index < -0.39 is 8.07 Å². The van der Waals surface area contributed by atoms with Crippen molar-refractivity contribution in [3.63, 3.8) is 0 Å². The molecule has 0 amide bonds. The van der Waals surface area contributed by atoms with Crippen LogP contribution in [-0.2, 0) is 16.2 Å². The summed E-state index contributed by atoms with van der Waals surface area (Å²) >= 11 is 0. The van der Waals surface area contributed by atoms with E-state index in [1.165, 1.54) is 76.2 Å². The van der Waals surface area contributed by atoms with Crippen LogP contribution < -0.4 is 10.4 Å². The molecule has 4 aromatic heterocycles. The fraction of sp³-hybridized carbons (Fsp3) is 0.238. The Hall–Kier alpha value is -6.82. The van der Waals surface area contributed by atoms with Crippen molar-refractivity contribution in [2.24, 2.45) is 0 Å². The topological polar surface area (TPSA) is 36.1 Å². The summed E-state index contributed by atoms with van der Waals surface area (Å²) in [6.07, 6.45) is 0. The highest BCUT2D eigenvalue weighted by Crippen LogP contribution is 2.41. The van der Waals surface area contributed by atoms with Gasteiger partial charge in [-0.1, -0.05) is 140 Å². The van der Waals surface area contributed by atoms with Crippen LogP contribution in [0.25, 0.3) is 98.9 Å². The fourth-order valence-electron chi connectivity index (χ4n) is 10.9. The van der Waals surface area contributed by atoms with E-state index in [4.69, 9.17) is 8.83 Å². The van der Waals surface area contributed by atoms with Gasteiger partial charge in [0.25, 0.3) is 0 Å². The quantitative estimate of drug-likeness (QED) is 0.165. The van der Waals surface area contributed by atoms with Gasteiger partial charge in [-0.15, -0.1) is 0 Å². The molecule has 0 spiro atoms. The van der Waals surface area contributed by atoms with E-state index in [1.54, 1.807) is 0 Å². The van der Waals surface area contributed by atoms with Crippen molar-refractivity contribution < 1.29 is 8.83 Å². The minimum atomic E-state index is -2.25. The molecule has 0 aliphatic heterocycles. The molecule has 0 saturated carbocycles. The van der Waals surface area contributed by atoms with Crippen molar-refractivity contribution in [3.8, 4) is 11.4 Å². The lowest BCUT2D eigenvalue weighted by atomic mass is 9.85. The van der Waals surface area contributed by atoms with Crippen molar-refractivity contribution in [3.05, 3.63) is 168 Å². The van der Waals surface area contributed by atoms with Crippen molar-refractivity contribution in [2.45, 2.75) is 98.6 Å². The molecule has 0 aliphatic carbocycles. The lowest BCUT2D eigenvalue weighted by molar-refractivity contribution is 0.590. The summed E-state index contributed by atoms with van der Waals surface area (Å²) in [6, 6.07) is 55.2. The number of hydrogen-bond acceptors (Lipinski definition) is 2. The van der Waals surface area contributed by atoms with Crippen LogP contribution in [-0.4, -0.2) is 17.2 Å². The molecule has 0 N–H and O–H groups in total. The molecule has 68 heavy (non-hydrogen) atoms. The summed E-state index contributed by atoms with van der Waals surface area (Å²) in [5.41, 5.74) is 16.2. The third-order valence-electron chi connectivity index (χ3n) is 15.1. The molecular weight excluding hydrogens is 845 g/mol. The maximum absolute atomic E-state index is 6.59. The highest BCUT2D eigenvalue weighted by molar-refractivity contribution is 7.00. The van der Waals surface area contributed by atoms with Crippen LogP contribution in [0.1, 0.15) is 84.6 Å². The summed E-state index contributed by atoms with van der Waals surface area (Å²) in [6.45, 7) is 27.8. The van der Waals surface area contributed by atoms with Crippen molar-refractivity contribution >= 4 is 106 Å². The van der Waals surface area contributed by atoms with E-state index in [2.05, 4.69) is 237 Å². The predicted molar refractivity (Wildman–Crippen MR) is 294 cm³/mol. The minimum absolute atomic E-state index is 0.0419. The Balaban J connectivity index is 0.969. The van der Waals surface area contributed by atoms with Gasteiger partial charge in [-0.05, 0) is 137 Å². The maximum atomic E-state index is 6.59. The number of furan rings is 2. The van der Waals surface area contributed by atoms with E-state index in [-0.39, 0.29) is 16.2 Å². The van der Waals surface area contributed by atoms with Gasteiger partial charge >= 0.3 is 0 Å². The number of aryl methyl sites for hydroxylation is 1. The zero-order valence-electron chi connectivity index (χ0n) is 41.6. The first-order chi connectivity index (χ1) is 32.2. The van der Waals surface area contributed by atoms with Gasteiger partial charge in [0, 0.05) is 54.5 Å². The van der Waals surface area contributed by atoms with Crippen molar-refractivity contribution in [1.82, 2.24) is 9.13 Å². The molecule has 4 heterocycles. The molecular formula is C63H60N2O2Si.